The topological polar surface area (TPSA) is 145 Å². The van der Waals surface area contributed by atoms with Crippen molar-refractivity contribution in [2.24, 2.45) is 0 Å². The van der Waals surface area contributed by atoms with Crippen LogP contribution in [0.15, 0.2) is 12.2 Å². The van der Waals surface area contributed by atoms with Gasteiger partial charge in [-0.05, 0) is 55.4 Å². The average molecular weight is 471 g/mol. The molecule has 0 saturated heterocycles. The Labute approximate surface area is 179 Å². The second kappa shape index (κ2) is 10.7. The van der Waals surface area contributed by atoms with Crippen LogP contribution in [0.1, 0.15) is 55.4 Å². The van der Waals surface area contributed by atoms with Gasteiger partial charge in [0.1, 0.15) is 13.2 Å². The van der Waals surface area contributed by atoms with E-state index < -0.39 is 53.6 Å². The molecule has 0 spiro atoms. The Kier molecular flexibility index (Phi) is 10.2. The van der Waals surface area contributed by atoms with Crippen LogP contribution >= 0.6 is 0 Å². The van der Waals surface area contributed by atoms with E-state index in [0.29, 0.717) is 0 Å². The molecule has 0 unspecified atom stereocenters. The minimum Gasteiger partial charge on any atom is -0.461 e. The largest absolute Gasteiger partial charge is 0.461 e. The Morgan fingerprint density at radius 1 is 0.733 bits per heavy atom. The fourth-order valence-electron chi connectivity index (χ4n) is 1.60. The summed E-state index contributed by atoms with van der Waals surface area (Å²) < 4.78 is 60.7. The van der Waals surface area contributed by atoms with Crippen molar-refractivity contribution >= 4 is 32.0 Å². The maximum atomic E-state index is 12.0. The van der Waals surface area contributed by atoms with Gasteiger partial charge in [-0.25, -0.2) is 35.9 Å². The lowest BCUT2D eigenvalue weighted by Gasteiger charge is -2.23. The number of esters is 2. The number of sulfonamides is 2. The van der Waals surface area contributed by atoms with Crippen molar-refractivity contribution in [3.8, 4) is 0 Å². The van der Waals surface area contributed by atoms with Gasteiger partial charge in [-0.2, -0.15) is 0 Å². The van der Waals surface area contributed by atoms with Crippen LogP contribution in [0.5, 0.6) is 0 Å². The standard InChI is InChI=1S/C18H34N2O8S2/c1-13(19-29(23,24)17(3,4)5)11-27-15(21)9-10-16(22)28-12-14(2)20-30(25,26)18(6,7)8/h9-10,13-14,19-20H,11-12H2,1-8H3/b10-9+/t13-,14-/m0/s1. The predicted octanol–water partition coefficient (Wildman–Crippen LogP) is 0.842. The monoisotopic (exact) mass is 470 g/mol. The molecular weight excluding hydrogens is 436 g/mol. The first-order chi connectivity index (χ1) is 13.3. The highest BCUT2D eigenvalue weighted by molar-refractivity contribution is 7.91. The molecule has 2 N–H and O–H groups in total. The van der Waals surface area contributed by atoms with Crippen LogP contribution in [-0.2, 0) is 39.1 Å². The van der Waals surface area contributed by atoms with E-state index in [0.717, 1.165) is 12.2 Å². The van der Waals surface area contributed by atoms with E-state index in [1.54, 1.807) is 0 Å². The Balaban J connectivity index is 4.45. The fourth-order valence-corrected chi connectivity index (χ4v) is 3.50. The van der Waals surface area contributed by atoms with E-state index in [1.807, 2.05) is 0 Å². The molecule has 0 bridgehead atoms. The second-order valence-electron chi connectivity index (χ2n) is 8.86. The van der Waals surface area contributed by atoms with Crippen molar-refractivity contribution in [1.82, 2.24) is 9.44 Å². The van der Waals surface area contributed by atoms with E-state index in [9.17, 15) is 26.4 Å². The summed E-state index contributed by atoms with van der Waals surface area (Å²) in [5, 5.41) is 0. The molecule has 0 aromatic heterocycles. The van der Waals surface area contributed by atoms with Crippen molar-refractivity contribution in [2.75, 3.05) is 13.2 Å². The third kappa shape index (κ3) is 10.0. The van der Waals surface area contributed by atoms with Gasteiger partial charge in [0.15, 0.2) is 0 Å². The maximum absolute atomic E-state index is 12.0. The highest BCUT2D eigenvalue weighted by atomic mass is 32.2. The number of carbonyl (C=O) groups is 2. The second-order valence-corrected chi connectivity index (χ2v) is 13.8. The van der Waals surface area contributed by atoms with E-state index in [4.69, 9.17) is 9.47 Å². The normalized spacial score (nSPS) is 15.6. The molecule has 176 valence electrons. The molecule has 0 saturated carbocycles. The van der Waals surface area contributed by atoms with Crippen LogP contribution in [-0.4, -0.2) is 63.6 Å². The van der Waals surface area contributed by atoms with Gasteiger partial charge in [0.25, 0.3) is 0 Å². The summed E-state index contributed by atoms with van der Waals surface area (Å²) in [6.45, 7) is 11.9. The van der Waals surface area contributed by atoms with Crippen LogP contribution < -0.4 is 9.44 Å². The van der Waals surface area contributed by atoms with Gasteiger partial charge in [-0.1, -0.05) is 0 Å². The van der Waals surface area contributed by atoms with Gasteiger partial charge in [-0.15, -0.1) is 0 Å². The lowest BCUT2D eigenvalue weighted by molar-refractivity contribution is -0.141. The summed E-state index contributed by atoms with van der Waals surface area (Å²) in [5.41, 5.74) is 0. The number of carbonyl (C=O) groups excluding carboxylic acids is 2. The molecule has 0 aliphatic heterocycles. The Hall–Kier alpha value is -1.50. The molecule has 0 radical (unpaired) electrons. The Morgan fingerprint density at radius 3 is 1.23 bits per heavy atom. The van der Waals surface area contributed by atoms with Gasteiger partial charge < -0.3 is 9.47 Å². The third-order valence-electron chi connectivity index (χ3n) is 3.63. The predicted molar refractivity (Wildman–Crippen MR) is 114 cm³/mol. The summed E-state index contributed by atoms with van der Waals surface area (Å²) in [6, 6.07) is -1.31. The molecule has 0 aromatic rings. The minimum absolute atomic E-state index is 0.223. The molecule has 30 heavy (non-hydrogen) atoms. The summed E-state index contributed by atoms with van der Waals surface area (Å²) >= 11 is 0. The molecule has 0 fully saturated rings. The summed E-state index contributed by atoms with van der Waals surface area (Å²) in [4.78, 5) is 23.3. The van der Waals surface area contributed by atoms with Gasteiger partial charge in [0, 0.05) is 12.2 Å². The Morgan fingerprint density at radius 2 is 1.00 bits per heavy atom. The summed E-state index contributed by atoms with van der Waals surface area (Å²) in [7, 11) is -7.18. The van der Waals surface area contributed by atoms with E-state index in [-0.39, 0.29) is 13.2 Å². The fraction of sp³-hybridized carbons (Fsp3) is 0.778. The van der Waals surface area contributed by atoms with E-state index in [1.165, 1.54) is 55.4 Å². The van der Waals surface area contributed by atoms with E-state index >= 15 is 0 Å². The van der Waals surface area contributed by atoms with Crippen molar-refractivity contribution in [3.63, 3.8) is 0 Å². The summed E-state index contributed by atoms with van der Waals surface area (Å²) in [5.74, 6) is -1.70. The van der Waals surface area contributed by atoms with Gasteiger partial charge in [0.2, 0.25) is 20.0 Å². The number of rotatable bonds is 10. The first-order valence-corrected chi connectivity index (χ1v) is 12.3. The van der Waals surface area contributed by atoms with Crippen molar-refractivity contribution in [2.45, 2.75) is 77.0 Å². The van der Waals surface area contributed by atoms with Gasteiger partial charge >= 0.3 is 11.9 Å². The minimum atomic E-state index is -3.59. The lowest BCUT2D eigenvalue weighted by Crippen LogP contribution is -2.45. The molecular formula is C18H34N2O8S2. The zero-order valence-electron chi connectivity index (χ0n) is 18.8. The van der Waals surface area contributed by atoms with Crippen molar-refractivity contribution in [1.29, 1.82) is 0 Å². The van der Waals surface area contributed by atoms with Gasteiger partial charge in [-0.3, -0.25) is 0 Å². The highest BCUT2D eigenvalue weighted by Gasteiger charge is 2.31. The zero-order chi connectivity index (χ0) is 24.0. The van der Waals surface area contributed by atoms with Crippen molar-refractivity contribution in [3.05, 3.63) is 12.2 Å². The molecule has 10 nitrogen and oxygen atoms in total. The highest BCUT2D eigenvalue weighted by Crippen LogP contribution is 2.14. The first kappa shape index (κ1) is 28.5. The number of nitrogens with one attached hydrogen (secondary N) is 2. The maximum Gasteiger partial charge on any atom is 0.331 e. The lowest BCUT2D eigenvalue weighted by atomic mass is 10.3. The smallest absolute Gasteiger partial charge is 0.331 e. The number of hydrogen-bond donors (Lipinski definition) is 2. The SMILES string of the molecule is C[C@@H](COC(=O)/C=C/C(=O)OC[C@H](C)NS(=O)(=O)C(C)(C)C)NS(=O)(=O)C(C)(C)C. The van der Waals surface area contributed by atoms with Crippen LogP contribution in [0, 0.1) is 0 Å². The Bertz CT molecular complexity index is 764. The number of ether oxygens (including phenoxy) is 2. The van der Waals surface area contributed by atoms with Crippen molar-refractivity contribution < 1.29 is 35.9 Å². The molecule has 12 heteroatoms. The molecule has 0 amide bonds. The van der Waals surface area contributed by atoms with Crippen LogP contribution in [0.25, 0.3) is 0 Å². The zero-order valence-corrected chi connectivity index (χ0v) is 20.4. The third-order valence-corrected chi connectivity index (χ3v) is 8.28. The number of hydrogen-bond acceptors (Lipinski definition) is 8. The van der Waals surface area contributed by atoms with Crippen LogP contribution in [0.2, 0.25) is 0 Å². The summed E-state index contributed by atoms with van der Waals surface area (Å²) in [6.07, 6.45) is 1.69. The molecule has 2 atom stereocenters. The molecule has 0 aromatic carbocycles. The molecule has 0 aliphatic rings. The van der Waals surface area contributed by atoms with Gasteiger partial charge in [0.05, 0.1) is 21.6 Å². The van der Waals surface area contributed by atoms with Crippen LogP contribution in [0.4, 0.5) is 0 Å². The average Bonchev–Trinajstić information content (AvgIpc) is 2.53. The molecule has 0 aliphatic carbocycles. The first-order valence-electron chi connectivity index (χ1n) is 9.34. The van der Waals surface area contributed by atoms with Crippen LogP contribution in [0.3, 0.4) is 0 Å². The molecule has 0 heterocycles. The quantitative estimate of drug-likeness (QED) is 0.353. The molecule has 0 rings (SSSR count). The van der Waals surface area contributed by atoms with E-state index in [2.05, 4.69) is 9.44 Å².